The molecule has 46 heavy (non-hydrogen) atoms. The number of rotatable bonds is 32. The van der Waals surface area contributed by atoms with E-state index in [2.05, 4.69) is 67.8 Å². The Hall–Kier alpha value is -1.96. The Bertz CT molecular complexity index is 951. The second kappa shape index (κ2) is 33.0. The molecule has 2 unspecified atom stereocenters. The van der Waals surface area contributed by atoms with Crippen molar-refractivity contribution in [1.29, 1.82) is 0 Å². The van der Waals surface area contributed by atoms with Crippen LogP contribution in [0.3, 0.4) is 0 Å². The minimum atomic E-state index is -4.35. The number of aliphatic hydroxyl groups excluding tert-OH is 1. The van der Waals surface area contributed by atoms with E-state index in [0.717, 1.165) is 51.4 Å². The Balaban J connectivity index is 4.05. The van der Waals surface area contributed by atoms with Crippen LogP contribution in [0.5, 0.6) is 0 Å². The van der Waals surface area contributed by atoms with Crippen molar-refractivity contribution in [3.8, 4) is 0 Å². The van der Waals surface area contributed by atoms with Crippen LogP contribution in [0.15, 0.2) is 60.8 Å². The second-order valence-electron chi connectivity index (χ2n) is 12.5. The summed E-state index contributed by atoms with van der Waals surface area (Å²) in [5, 5.41) is 13.1. The molecule has 1 amide bonds. The van der Waals surface area contributed by atoms with Crippen LogP contribution in [-0.2, 0) is 14.9 Å². The average molecular weight is 664 g/mol. The SMILES string of the molecule is CCCCC/C=C\C/C=C\C/C=C\CCCCCCCCC(=O)NC(CS(=O)(=O)O)C(O)/C=C/CC/C=C/CCCCCCCC. The zero-order valence-electron chi connectivity index (χ0n) is 29.4. The van der Waals surface area contributed by atoms with Crippen molar-refractivity contribution in [3.05, 3.63) is 60.8 Å². The molecule has 0 aliphatic carbocycles. The molecule has 6 nitrogen and oxygen atoms in total. The zero-order chi connectivity index (χ0) is 34.0. The van der Waals surface area contributed by atoms with Gasteiger partial charge in [-0.2, -0.15) is 8.42 Å². The molecule has 266 valence electrons. The standard InChI is InChI=1S/C39H69NO5S/c1-3-5-7-9-11-13-15-17-18-19-20-21-22-23-25-27-29-31-33-35-39(42)40-37(36-46(43,44)45)38(41)34-32-30-28-26-24-16-14-12-10-8-6-4-2/h11,13,17-18,20-21,24,26,32,34,37-38,41H,3-10,12,14-16,19,22-23,25,27-31,33,35-36H2,1-2H3,(H,40,42)(H,43,44,45)/b13-11-,18-17-,21-20-,26-24+,34-32+. The Labute approximate surface area is 283 Å². The quantitative estimate of drug-likeness (QED) is 0.0377. The summed E-state index contributed by atoms with van der Waals surface area (Å²) in [6.07, 6.45) is 44.8. The van der Waals surface area contributed by atoms with E-state index in [9.17, 15) is 22.9 Å². The van der Waals surface area contributed by atoms with Crippen LogP contribution in [0.2, 0.25) is 0 Å². The molecule has 0 aromatic rings. The number of unbranched alkanes of at least 4 members (excludes halogenated alkanes) is 16. The van der Waals surface area contributed by atoms with E-state index in [4.69, 9.17) is 0 Å². The lowest BCUT2D eigenvalue weighted by molar-refractivity contribution is -0.122. The maximum Gasteiger partial charge on any atom is 0.267 e. The molecule has 0 aromatic heterocycles. The molecular weight excluding hydrogens is 594 g/mol. The van der Waals surface area contributed by atoms with Gasteiger partial charge in [0.15, 0.2) is 0 Å². The number of amides is 1. The molecule has 0 spiro atoms. The van der Waals surface area contributed by atoms with Crippen LogP contribution in [0.1, 0.15) is 162 Å². The predicted octanol–water partition coefficient (Wildman–Crippen LogP) is 10.5. The molecule has 0 rings (SSSR count). The Morgan fingerprint density at radius 2 is 1.00 bits per heavy atom. The molecule has 0 aliphatic rings. The fourth-order valence-electron chi connectivity index (χ4n) is 5.12. The minimum Gasteiger partial charge on any atom is -0.387 e. The Morgan fingerprint density at radius 1 is 0.587 bits per heavy atom. The fraction of sp³-hybridized carbons (Fsp3) is 0.718. The maximum atomic E-state index is 12.5. The molecule has 0 heterocycles. The highest BCUT2D eigenvalue weighted by atomic mass is 32.2. The first kappa shape index (κ1) is 44.0. The maximum absolute atomic E-state index is 12.5. The van der Waals surface area contributed by atoms with Gasteiger partial charge in [0.25, 0.3) is 10.1 Å². The van der Waals surface area contributed by atoms with Crippen molar-refractivity contribution in [2.45, 2.75) is 174 Å². The van der Waals surface area contributed by atoms with Crippen LogP contribution in [-0.4, -0.2) is 41.9 Å². The number of hydrogen-bond acceptors (Lipinski definition) is 4. The van der Waals surface area contributed by atoms with E-state index in [-0.39, 0.29) is 12.3 Å². The summed E-state index contributed by atoms with van der Waals surface area (Å²) in [5.74, 6) is -1.02. The van der Waals surface area contributed by atoms with Crippen LogP contribution in [0.25, 0.3) is 0 Å². The smallest absolute Gasteiger partial charge is 0.267 e. The molecule has 0 radical (unpaired) electrons. The Morgan fingerprint density at radius 3 is 1.57 bits per heavy atom. The molecule has 7 heteroatoms. The van der Waals surface area contributed by atoms with Gasteiger partial charge in [0.05, 0.1) is 17.9 Å². The summed E-state index contributed by atoms with van der Waals surface area (Å²) < 4.78 is 32.3. The first-order valence-corrected chi connectivity index (χ1v) is 20.1. The number of carbonyl (C=O) groups excluding carboxylic acids is 1. The topological polar surface area (TPSA) is 104 Å². The van der Waals surface area contributed by atoms with E-state index in [1.807, 2.05) is 0 Å². The summed E-state index contributed by atoms with van der Waals surface area (Å²) in [6.45, 7) is 4.46. The second-order valence-corrected chi connectivity index (χ2v) is 14.0. The van der Waals surface area contributed by atoms with Crippen molar-refractivity contribution >= 4 is 16.0 Å². The fourth-order valence-corrected chi connectivity index (χ4v) is 5.85. The van der Waals surface area contributed by atoms with Gasteiger partial charge in [-0.25, -0.2) is 0 Å². The van der Waals surface area contributed by atoms with E-state index in [0.29, 0.717) is 12.8 Å². The molecule has 0 bridgehead atoms. The van der Waals surface area contributed by atoms with Crippen molar-refractivity contribution in [1.82, 2.24) is 5.32 Å². The van der Waals surface area contributed by atoms with Gasteiger partial charge < -0.3 is 10.4 Å². The molecule has 3 N–H and O–H groups in total. The third-order valence-corrected chi connectivity index (χ3v) is 8.70. The number of hydrogen-bond donors (Lipinski definition) is 3. The highest BCUT2D eigenvalue weighted by molar-refractivity contribution is 7.85. The van der Waals surface area contributed by atoms with E-state index in [1.165, 1.54) is 83.1 Å². The van der Waals surface area contributed by atoms with Gasteiger partial charge in [-0.05, 0) is 70.6 Å². The van der Waals surface area contributed by atoms with Crippen molar-refractivity contribution in [2.24, 2.45) is 0 Å². The van der Waals surface area contributed by atoms with Crippen molar-refractivity contribution < 1.29 is 22.9 Å². The van der Waals surface area contributed by atoms with Crippen LogP contribution in [0.4, 0.5) is 0 Å². The third-order valence-electron chi connectivity index (χ3n) is 7.92. The van der Waals surface area contributed by atoms with Gasteiger partial charge in [-0.3, -0.25) is 9.35 Å². The summed E-state index contributed by atoms with van der Waals surface area (Å²) in [7, 11) is -4.35. The van der Waals surface area contributed by atoms with E-state index in [1.54, 1.807) is 6.08 Å². The molecule has 0 aromatic carbocycles. The van der Waals surface area contributed by atoms with Crippen molar-refractivity contribution in [2.75, 3.05) is 5.75 Å². The van der Waals surface area contributed by atoms with Crippen LogP contribution in [0, 0.1) is 0 Å². The van der Waals surface area contributed by atoms with Crippen LogP contribution < -0.4 is 5.32 Å². The summed E-state index contributed by atoms with van der Waals surface area (Å²) in [4.78, 5) is 12.5. The first-order valence-electron chi connectivity index (χ1n) is 18.5. The van der Waals surface area contributed by atoms with Gasteiger partial charge in [-0.15, -0.1) is 0 Å². The normalized spacial score (nSPS) is 14.1. The van der Waals surface area contributed by atoms with Gasteiger partial charge in [0.2, 0.25) is 5.91 Å². The van der Waals surface area contributed by atoms with E-state index < -0.39 is 28.0 Å². The summed E-state index contributed by atoms with van der Waals surface area (Å²) in [6, 6.07) is -1.08. The lowest BCUT2D eigenvalue weighted by Crippen LogP contribution is -2.46. The molecule has 2 atom stereocenters. The largest absolute Gasteiger partial charge is 0.387 e. The molecular formula is C39H69NO5S. The monoisotopic (exact) mass is 663 g/mol. The average Bonchev–Trinajstić information content (AvgIpc) is 3.01. The van der Waals surface area contributed by atoms with Gasteiger partial charge in [0.1, 0.15) is 0 Å². The lowest BCUT2D eigenvalue weighted by Gasteiger charge is -2.21. The molecule has 0 saturated heterocycles. The zero-order valence-corrected chi connectivity index (χ0v) is 30.2. The highest BCUT2D eigenvalue weighted by Crippen LogP contribution is 2.11. The number of carbonyl (C=O) groups is 1. The number of nitrogens with one attached hydrogen (secondary N) is 1. The van der Waals surface area contributed by atoms with Gasteiger partial charge >= 0.3 is 0 Å². The van der Waals surface area contributed by atoms with Gasteiger partial charge in [0, 0.05) is 6.42 Å². The summed E-state index contributed by atoms with van der Waals surface area (Å²) >= 11 is 0. The highest BCUT2D eigenvalue weighted by Gasteiger charge is 2.24. The predicted molar refractivity (Wildman–Crippen MR) is 198 cm³/mol. The molecule has 0 aliphatic heterocycles. The number of allylic oxidation sites excluding steroid dienone is 9. The lowest BCUT2D eigenvalue weighted by atomic mass is 10.1. The van der Waals surface area contributed by atoms with Crippen LogP contribution >= 0.6 is 0 Å². The number of aliphatic hydroxyl groups is 1. The molecule has 0 fully saturated rings. The summed E-state index contributed by atoms with van der Waals surface area (Å²) in [5.41, 5.74) is 0. The third kappa shape index (κ3) is 33.4. The minimum absolute atomic E-state index is 0.271. The first-order chi connectivity index (χ1) is 22.3. The van der Waals surface area contributed by atoms with Gasteiger partial charge in [-0.1, -0.05) is 145 Å². The van der Waals surface area contributed by atoms with E-state index >= 15 is 0 Å². The Kier molecular flexibility index (Phi) is 31.6. The van der Waals surface area contributed by atoms with Crippen molar-refractivity contribution in [3.63, 3.8) is 0 Å². The molecule has 0 saturated carbocycles.